The minimum Gasteiger partial charge on any atom is -0.405 e. The van der Waals surface area contributed by atoms with E-state index in [0.717, 1.165) is 0 Å². The number of ether oxygens (including phenoxy) is 1. The lowest BCUT2D eigenvalue weighted by atomic mass is 10.2. The Morgan fingerprint density at radius 2 is 1.93 bits per heavy atom. The second-order valence-electron chi connectivity index (χ2n) is 2.67. The third-order valence-corrected chi connectivity index (χ3v) is 1.58. The molecule has 0 aliphatic heterocycles. The number of aryl methyl sites for hydroxylation is 1. The molecule has 0 atom stereocenters. The lowest BCUT2D eigenvalue weighted by molar-refractivity contribution is -0.274. The second-order valence-corrected chi connectivity index (χ2v) is 2.67. The predicted molar refractivity (Wildman–Crippen MR) is 52.9 cm³/mol. The lowest BCUT2D eigenvalue weighted by Gasteiger charge is -2.12. The van der Waals surface area contributed by atoms with Gasteiger partial charge in [0, 0.05) is 6.07 Å². The van der Waals surface area contributed by atoms with Gasteiger partial charge < -0.3 is 10.2 Å². The van der Waals surface area contributed by atoms with Crippen molar-refractivity contribution in [2.45, 2.75) is 13.3 Å². The number of anilines is 1. The Morgan fingerprint density at radius 3 is 2.40 bits per heavy atom. The van der Waals surface area contributed by atoms with Gasteiger partial charge in [0.15, 0.2) is 0 Å². The molecule has 0 amide bonds. The minimum absolute atomic E-state index is 0. The molecule has 86 valence electrons. The van der Waals surface area contributed by atoms with Gasteiger partial charge >= 0.3 is 6.36 Å². The first kappa shape index (κ1) is 13.9. The minimum atomic E-state index is -4.68. The zero-order valence-corrected chi connectivity index (χ0v) is 8.58. The molecule has 0 aliphatic rings. The first-order chi connectivity index (χ1) is 6.42. The monoisotopic (exact) mass is 242 g/mol. The van der Waals surface area contributed by atoms with Crippen LogP contribution < -0.4 is 16.0 Å². The van der Waals surface area contributed by atoms with Crippen LogP contribution in [0.15, 0.2) is 18.2 Å². The van der Waals surface area contributed by atoms with Gasteiger partial charge in [-0.15, -0.1) is 25.6 Å². The maximum Gasteiger partial charge on any atom is 0.573 e. The molecule has 0 radical (unpaired) electrons. The number of hydrogen-bond donors (Lipinski definition) is 2. The van der Waals surface area contributed by atoms with Crippen LogP contribution in [0.2, 0.25) is 0 Å². The Bertz CT molecular complexity index is 330. The highest BCUT2D eigenvalue weighted by molar-refractivity contribution is 5.85. The maximum absolute atomic E-state index is 11.9. The predicted octanol–water partition coefficient (Wildman–Crippen LogP) is 2.60. The molecule has 0 saturated carbocycles. The molecule has 0 fully saturated rings. The molecule has 0 aliphatic carbocycles. The van der Waals surface area contributed by atoms with Gasteiger partial charge in [0.2, 0.25) is 0 Å². The number of hydrazine groups is 1. The van der Waals surface area contributed by atoms with Gasteiger partial charge in [-0.25, -0.2) is 0 Å². The number of halogens is 4. The Morgan fingerprint density at radius 1 is 1.33 bits per heavy atom. The van der Waals surface area contributed by atoms with Gasteiger partial charge in [0.1, 0.15) is 5.75 Å². The standard InChI is InChI=1S/C8H9F3N2O.ClH/c1-5-2-3-6(13-12)4-7(5)14-8(9,10)11;/h2-4,13H,12H2,1H3;1H. The van der Waals surface area contributed by atoms with Crippen LogP contribution in [0.3, 0.4) is 0 Å². The molecule has 0 spiro atoms. The largest absolute Gasteiger partial charge is 0.573 e. The summed E-state index contributed by atoms with van der Waals surface area (Å²) < 4.78 is 39.4. The number of nitrogen functional groups attached to an aromatic ring is 1. The fraction of sp³-hybridized carbons (Fsp3) is 0.250. The first-order valence-electron chi connectivity index (χ1n) is 3.75. The van der Waals surface area contributed by atoms with Gasteiger partial charge in [0.05, 0.1) is 5.69 Å². The van der Waals surface area contributed by atoms with E-state index >= 15 is 0 Å². The summed E-state index contributed by atoms with van der Waals surface area (Å²) >= 11 is 0. The van der Waals surface area contributed by atoms with E-state index in [2.05, 4.69) is 10.2 Å². The van der Waals surface area contributed by atoms with Crippen molar-refractivity contribution in [3.63, 3.8) is 0 Å². The highest BCUT2D eigenvalue weighted by atomic mass is 35.5. The van der Waals surface area contributed by atoms with Crippen molar-refractivity contribution in [3.05, 3.63) is 23.8 Å². The Hall–Kier alpha value is -1.14. The molecule has 15 heavy (non-hydrogen) atoms. The van der Waals surface area contributed by atoms with Crippen LogP contribution in [-0.4, -0.2) is 6.36 Å². The van der Waals surface area contributed by atoms with Crippen LogP contribution in [-0.2, 0) is 0 Å². The Labute approximate surface area is 90.8 Å². The second kappa shape index (κ2) is 5.09. The molecular formula is C8H10ClF3N2O. The van der Waals surface area contributed by atoms with Crippen molar-refractivity contribution in [1.29, 1.82) is 0 Å². The van der Waals surface area contributed by atoms with Crippen molar-refractivity contribution in [2.75, 3.05) is 5.43 Å². The van der Waals surface area contributed by atoms with Crippen molar-refractivity contribution in [1.82, 2.24) is 0 Å². The van der Waals surface area contributed by atoms with Crippen LogP contribution in [0.5, 0.6) is 5.75 Å². The summed E-state index contributed by atoms with van der Waals surface area (Å²) in [7, 11) is 0. The van der Waals surface area contributed by atoms with E-state index in [9.17, 15) is 13.2 Å². The quantitative estimate of drug-likeness (QED) is 0.619. The third kappa shape index (κ3) is 4.26. The Balaban J connectivity index is 0.00000196. The van der Waals surface area contributed by atoms with Gasteiger partial charge in [-0.2, -0.15) is 0 Å². The molecule has 0 aromatic heterocycles. The molecule has 0 unspecified atom stereocenters. The van der Waals surface area contributed by atoms with Crippen LogP contribution in [0.1, 0.15) is 5.56 Å². The van der Waals surface area contributed by atoms with Crippen LogP contribution in [0.4, 0.5) is 18.9 Å². The van der Waals surface area contributed by atoms with Crippen molar-refractivity contribution in [3.8, 4) is 5.75 Å². The molecule has 0 bridgehead atoms. The number of nitrogens with two attached hydrogens (primary N) is 1. The average molecular weight is 243 g/mol. The van der Waals surface area contributed by atoms with Gasteiger partial charge in [0.25, 0.3) is 0 Å². The fourth-order valence-corrected chi connectivity index (χ4v) is 0.925. The smallest absolute Gasteiger partial charge is 0.405 e. The van der Waals surface area contributed by atoms with E-state index in [1.54, 1.807) is 6.07 Å². The fourth-order valence-electron chi connectivity index (χ4n) is 0.925. The molecule has 0 heterocycles. The van der Waals surface area contributed by atoms with Gasteiger partial charge in [-0.05, 0) is 18.6 Å². The molecule has 1 rings (SSSR count). The van der Waals surface area contributed by atoms with Gasteiger partial charge in [-0.3, -0.25) is 5.84 Å². The van der Waals surface area contributed by atoms with Crippen molar-refractivity contribution >= 4 is 18.1 Å². The summed E-state index contributed by atoms with van der Waals surface area (Å²) in [5, 5.41) is 0. The number of hydrogen-bond acceptors (Lipinski definition) is 3. The van der Waals surface area contributed by atoms with Crippen LogP contribution >= 0.6 is 12.4 Å². The number of nitrogens with one attached hydrogen (secondary N) is 1. The Kier molecular flexibility index (Phi) is 4.70. The summed E-state index contributed by atoms with van der Waals surface area (Å²) in [5.74, 6) is 4.79. The zero-order chi connectivity index (χ0) is 10.8. The molecule has 7 heteroatoms. The van der Waals surface area contributed by atoms with E-state index in [1.807, 2.05) is 0 Å². The number of rotatable bonds is 2. The van der Waals surface area contributed by atoms with E-state index in [0.29, 0.717) is 11.3 Å². The zero-order valence-electron chi connectivity index (χ0n) is 7.76. The number of alkyl halides is 3. The topological polar surface area (TPSA) is 47.3 Å². The van der Waals surface area contributed by atoms with E-state index in [1.165, 1.54) is 19.1 Å². The summed E-state index contributed by atoms with van der Waals surface area (Å²) in [4.78, 5) is 0. The highest BCUT2D eigenvalue weighted by Crippen LogP contribution is 2.28. The highest BCUT2D eigenvalue weighted by Gasteiger charge is 2.31. The third-order valence-electron chi connectivity index (χ3n) is 1.58. The van der Waals surface area contributed by atoms with Crippen molar-refractivity contribution < 1.29 is 17.9 Å². The van der Waals surface area contributed by atoms with Gasteiger partial charge in [-0.1, -0.05) is 6.07 Å². The summed E-state index contributed by atoms with van der Waals surface area (Å²) in [5.41, 5.74) is 2.98. The van der Waals surface area contributed by atoms with Crippen LogP contribution in [0, 0.1) is 6.92 Å². The molecular weight excluding hydrogens is 233 g/mol. The molecule has 3 nitrogen and oxygen atoms in total. The summed E-state index contributed by atoms with van der Waals surface area (Å²) in [6, 6.07) is 4.22. The summed E-state index contributed by atoms with van der Waals surface area (Å²) in [6.07, 6.45) is -4.68. The normalized spacial score (nSPS) is 10.5. The van der Waals surface area contributed by atoms with E-state index in [4.69, 9.17) is 5.84 Å². The van der Waals surface area contributed by atoms with E-state index < -0.39 is 6.36 Å². The van der Waals surface area contributed by atoms with E-state index in [-0.39, 0.29) is 18.2 Å². The maximum atomic E-state index is 11.9. The number of benzene rings is 1. The SMILES string of the molecule is Cc1ccc(NN)cc1OC(F)(F)F.Cl. The average Bonchev–Trinajstić information content (AvgIpc) is 2.06. The molecule has 1 aromatic rings. The molecule has 1 aromatic carbocycles. The summed E-state index contributed by atoms with van der Waals surface area (Å²) in [6.45, 7) is 1.52. The van der Waals surface area contributed by atoms with Crippen molar-refractivity contribution in [2.24, 2.45) is 5.84 Å². The molecule has 0 saturated heterocycles. The van der Waals surface area contributed by atoms with Crippen LogP contribution in [0.25, 0.3) is 0 Å². The lowest BCUT2D eigenvalue weighted by Crippen LogP contribution is -2.18. The molecule has 3 N–H and O–H groups in total. The first-order valence-corrected chi connectivity index (χ1v) is 3.75.